The molecule has 0 aromatic heterocycles. The lowest BCUT2D eigenvalue weighted by Gasteiger charge is -2.30. The van der Waals surface area contributed by atoms with E-state index in [0.29, 0.717) is 23.7 Å². The Morgan fingerprint density at radius 2 is 1.63 bits per heavy atom. The first-order valence-corrected chi connectivity index (χ1v) is 10.7. The summed E-state index contributed by atoms with van der Waals surface area (Å²) >= 11 is 0. The minimum absolute atomic E-state index is 0.0334. The van der Waals surface area contributed by atoms with Crippen molar-refractivity contribution in [3.05, 3.63) is 47.0 Å². The molecule has 27 heavy (non-hydrogen) atoms. The van der Waals surface area contributed by atoms with E-state index in [1.165, 1.54) is 12.1 Å². The zero-order valence-corrected chi connectivity index (χ0v) is 17.1. The van der Waals surface area contributed by atoms with Crippen molar-refractivity contribution in [1.29, 1.82) is 0 Å². The third-order valence-electron chi connectivity index (χ3n) is 5.02. The van der Waals surface area contributed by atoms with Gasteiger partial charge in [0.2, 0.25) is 9.84 Å². The van der Waals surface area contributed by atoms with Crippen LogP contribution >= 0.6 is 0 Å². The number of hydrogen-bond acceptors (Lipinski definition) is 5. The summed E-state index contributed by atoms with van der Waals surface area (Å²) in [7, 11) is -3.67. The van der Waals surface area contributed by atoms with E-state index < -0.39 is 9.84 Å². The summed E-state index contributed by atoms with van der Waals surface area (Å²) in [6, 6.07) is 8.41. The number of nitrogens with zero attached hydrogens (tertiary/aromatic N) is 1. The van der Waals surface area contributed by atoms with E-state index in [4.69, 9.17) is 4.74 Å². The van der Waals surface area contributed by atoms with Crippen molar-refractivity contribution < 1.29 is 18.3 Å². The molecule has 3 rings (SSSR count). The second-order valence-corrected chi connectivity index (χ2v) is 9.27. The summed E-state index contributed by atoms with van der Waals surface area (Å²) in [4.78, 5) is 2.78. The van der Waals surface area contributed by atoms with Gasteiger partial charge in [0.25, 0.3) is 0 Å². The number of rotatable bonds is 4. The van der Waals surface area contributed by atoms with Crippen LogP contribution in [0.5, 0.6) is 5.75 Å². The molecule has 1 fully saturated rings. The summed E-state index contributed by atoms with van der Waals surface area (Å²) in [6.07, 6.45) is 0. The van der Waals surface area contributed by atoms with Crippen LogP contribution in [0.2, 0.25) is 0 Å². The third kappa shape index (κ3) is 3.82. The Bertz CT molecular complexity index is 922. The molecular weight excluding hydrogens is 362 g/mol. The molecule has 0 aliphatic carbocycles. The standard InChI is InChI=1S/C21H27NO4S/c1-14(2)19-13-18(5-6-20(19)23)27(24,25)21-15(3)11-17(12-16(21)4)22-7-9-26-10-8-22/h5-6,11-14,23H,7-10H2,1-4H3. The smallest absolute Gasteiger partial charge is 0.207 e. The molecular formula is C21H27NO4S. The molecule has 6 heteroatoms. The number of anilines is 1. The van der Waals surface area contributed by atoms with Crippen molar-refractivity contribution in [2.75, 3.05) is 31.2 Å². The maximum Gasteiger partial charge on any atom is 0.207 e. The van der Waals surface area contributed by atoms with Gasteiger partial charge in [-0.2, -0.15) is 0 Å². The highest BCUT2D eigenvalue weighted by atomic mass is 32.2. The fraction of sp³-hybridized carbons (Fsp3) is 0.429. The molecule has 1 N–H and O–H groups in total. The minimum atomic E-state index is -3.67. The van der Waals surface area contributed by atoms with Crippen LogP contribution in [0.1, 0.15) is 36.5 Å². The van der Waals surface area contributed by atoms with E-state index in [-0.39, 0.29) is 16.6 Å². The molecule has 0 saturated carbocycles. The van der Waals surface area contributed by atoms with Gasteiger partial charge in [0.1, 0.15) is 5.75 Å². The number of aromatic hydroxyl groups is 1. The van der Waals surface area contributed by atoms with Crippen LogP contribution in [-0.2, 0) is 14.6 Å². The first-order chi connectivity index (χ1) is 12.7. The quantitative estimate of drug-likeness (QED) is 0.861. The molecule has 1 heterocycles. The number of benzene rings is 2. The van der Waals surface area contributed by atoms with E-state index in [0.717, 1.165) is 29.9 Å². The lowest BCUT2D eigenvalue weighted by molar-refractivity contribution is 0.122. The van der Waals surface area contributed by atoms with Gasteiger partial charge >= 0.3 is 0 Å². The Morgan fingerprint density at radius 3 is 2.19 bits per heavy atom. The zero-order chi connectivity index (χ0) is 19.8. The van der Waals surface area contributed by atoms with E-state index in [2.05, 4.69) is 4.90 Å². The molecule has 1 aliphatic rings. The monoisotopic (exact) mass is 389 g/mol. The summed E-state index contributed by atoms with van der Waals surface area (Å²) in [5.74, 6) is 0.158. The molecule has 146 valence electrons. The summed E-state index contributed by atoms with van der Waals surface area (Å²) in [5.41, 5.74) is 3.13. The first kappa shape index (κ1) is 19.7. The topological polar surface area (TPSA) is 66.8 Å². The minimum Gasteiger partial charge on any atom is -0.508 e. The van der Waals surface area contributed by atoms with Crippen molar-refractivity contribution in [3.8, 4) is 5.75 Å². The van der Waals surface area contributed by atoms with Crippen LogP contribution < -0.4 is 4.90 Å². The van der Waals surface area contributed by atoms with Crippen molar-refractivity contribution >= 4 is 15.5 Å². The van der Waals surface area contributed by atoms with Crippen LogP contribution in [0, 0.1) is 13.8 Å². The molecule has 0 spiro atoms. The lowest BCUT2D eigenvalue weighted by atomic mass is 10.0. The number of ether oxygens (including phenoxy) is 1. The predicted octanol–water partition coefficient (Wildman–Crippen LogP) is 3.80. The van der Waals surface area contributed by atoms with E-state index in [9.17, 15) is 13.5 Å². The van der Waals surface area contributed by atoms with Crippen LogP contribution in [0.4, 0.5) is 5.69 Å². The van der Waals surface area contributed by atoms with Gasteiger partial charge in [-0.05, 0) is 66.8 Å². The van der Waals surface area contributed by atoms with Gasteiger partial charge in [-0.3, -0.25) is 0 Å². The lowest BCUT2D eigenvalue weighted by Crippen LogP contribution is -2.36. The molecule has 2 aromatic rings. The van der Waals surface area contributed by atoms with Crippen LogP contribution in [0.25, 0.3) is 0 Å². The Kier molecular flexibility index (Phi) is 5.49. The number of phenols is 1. The van der Waals surface area contributed by atoms with Crippen LogP contribution in [-0.4, -0.2) is 39.8 Å². The second kappa shape index (κ2) is 7.52. The molecule has 0 amide bonds. The zero-order valence-electron chi connectivity index (χ0n) is 16.3. The Morgan fingerprint density at radius 1 is 1.04 bits per heavy atom. The van der Waals surface area contributed by atoms with Gasteiger partial charge in [-0.15, -0.1) is 0 Å². The molecule has 0 unspecified atom stereocenters. The SMILES string of the molecule is Cc1cc(N2CCOCC2)cc(C)c1S(=O)(=O)c1ccc(O)c(C(C)C)c1. The number of phenolic OH excluding ortho intramolecular Hbond substituents is 1. The van der Waals surface area contributed by atoms with Gasteiger partial charge in [-0.1, -0.05) is 13.8 Å². The van der Waals surface area contributed by atoms with Crippen LogP contribution in [0.15, 0.2) is 40.1 Å². The Hall–Kier alpha value is -2.05. The number of hydrogen-bond donors (Lipinski definition) is 1. The van der Waals surface area contributed by atoms with E-state index in [1.54, 1.807) is 6.07 Å². The van der Waals surface area contributed by atoms with Crippen molar-refractivity contribution in [2.45, 2.75) is 43.4 Å². The average molecular weight is 390 g/mol. The van der Waals surface area contributed by atoms with Crippen LogP contribution in [0.3, 0.4) is 0 Å². The van der Waals surface area contributed by atoms with Crippen molar-refractivity contribution in [1.82, 2.24) is 0 Å². The number of sulfone groups is 1. The number of aryl methyl sites for hydroxylation is 2. The molecule has 5 nitrogen and oxygen atoms in total. The van der Waals surface area contributed by atoms with E-state index in [1.807, 2.05) is 39.8 Å². The van der Waals surface area contributed by atoms with Gasteiger partial charge in [0, 0.05) is 18.8 Å². The normalized spacial score (nSPS) is 15.4. The highest BCUT2D eigenvalue weighted by molar-refractivity contribution is 7.91. The fourth-order valence-corrected chi connectivity index (χ4v) is 5.37. The molecule has 0 bridgehead atoms. The van der Waals surface area contributed by atoms with Gasteiger partial charge in [0.05, 0.1) is 23.0 Å². The molecule has 1 saturated heterocycles. The average Bonchev–Trinajstić information content (AvgIpc) is 2.61. The predicted molar refractivity (Wildman–Crippen MR) is 107 cm³/mol. The van der Waals surface area contributed by atoms with Gasteiger partial charge in [0.15, 0.2) is 0 Å². The van der Waals surface area contributed by atoms with Crippen molar-refractivity contribution in [3.63, 3.8) is 0 Å². The van der Waals surface area contributed by atoms with Gasteiger partial charge in [-0.25, -0.2) is 8.42 Å². The van der Waals surface area contributed by atoms with Gasteiger partial charge < -0.3 is 14.7 Å². The Balaban J connectivity index is 2.06. The summed E-state index contributed by atoms with van der Waals surface area (Å²) in [5, 5.41) is 10.0. The first-order valence-electron chi connectivity index (χ1n) is 9.23. The highest BCUT2D eigenvalue weighted by Gasteiger charge is 2.25. The molecule has 0 atom stereocenters. The summed E-state index contributed by atoms with van der Waals surface area (Å²) < 4.78 is 32.1. The maximum atomic E-state index is 13.3. The highest BCUT2D eigenvalue weighted by Crippen LogP contribution is 2.34. The second-order valence-electron chi connectivity index (χ2n) is 7.39. The maximum absolute atomic E-state index is 13.3. The summed E-state index contributed by atoms with van der Waals surface area (Å²) in [6.45, 7) is 10.5. The number of morpholine rings is 1. The molecule has 1 aliphatic heterocycles. The third-order valence-corrected chi connectivity index (χ3v) is 7.08. The molecule has 0 radical (unpaired) electrons. The Labute approximate surface area is 161 Å². The molecule has 2 aromatic carbocycles. The largest absolute Gasteiger partial charge is 0.508 e. The van der Waals surface area contributed by atoms with E-state index >= 15 is 0 Å². The fourth-order valence-electron chi connectivity index (χ4n) is 3.64. The van der Waals surface area contributed by atoms with Crippen molar-refractivity contribution in [2.24, 2.45) is 0 Å².